The second-order valence-electron chi connectivity index (χ2n) is 7.43. The van der Waals surface area contributed by atoms with E-state index >= 15 is 0 Å². The van der Waals surface area contributed by atoms with Crippen LogP contribution in [0.5, 0.6) is 0 Å². The van der Waals surface area contributed by atoms with Gasteiger partial charge in [0.05, 0.1) is 12.0 Å². The van der Waals surface area contributed by atoms with Gasteiger partial charge < -0.3 is 15.7 Å². The molecule has 3 aliphatic carbocycles. The number of urea groups is 1. The van der Waals surface area contributed by atoms with Crippen LogP contribution in [-0.4, -0.2) is 28.7 Å². The van der Waals surface area contributed by atoms with Gasteiger partial charge in [0.1, 0.15) is 0 Å². The highest BCUT2D eigenvalue weighted by molar-refractivity contribution is 5.77. The largest absolute Gasteiger partial charge is 0.481 e. The maximum atomic E-state index is 12.2. The van der Waals surface area contributed by atoms with Gasteiger partial charge in [-0.3, -0.25) is 4.79 Å². The summed E-state index contributed by atoms with van der Waals surface area (Å²) in [5.41, 5.74) is -0.510. The van der Waals surface area contributed by atoms with Crippen LogP contribution in [0, 0.1) is 17.8 Å². The van der Waals surface area contributed by atoms with Crippen LogP contribution in [0.25, 0.3) is 0 Å². The van der Waals surface area contributed by atoms with Crippen molar-refractivity contribution in [2.75, 3.05) is 0 Å². The van der Waals surface area contributed by atoms with E-state index in [4.69, 9.17) is 5.11 Å². The first kappa shape index (κ1) is 14.7. The molecule has 3 saturated carbocycles. The fourth-order valence-corrected chi connectivity index (χ4v) is 4.74. The molecule has 2 bridgehead atoms. The zero-order valence-corrected chi connectivity index (χ0v) is 12.7. The Bertz CT molecular complexity index is 433. The van der Waals surface area contributed by atoms with Gasteiger partial charge in [0, 0.05) is 6.04 Å². The van der Waals surface area contributed by atoms with Crippen LogP contribution >= 0.6 is 0 Å². The van der Waals surface area contributed by atoms with Gasteiger partial charge in [-0.1, -0.05) is 6.42 Å². The maximum absolute atomic E-state index is 12.2. The molecule has 0 radical (unpaired) electrons. The van der Waals surface area contributed by atoms with Crippen molar-refractivity contribution in [1.29, 1.82) is 0 Å². The third kappa shape index (κ3) is 3.01. The van der Waals surface area contributed by atoms with Crippen molar-refractivity contribution in [2.24, 2.45) is 17.8 Å². The monoisotopic (exact) mass is 294 g/mol. The van der Waals surface area contributed by atoms with E-state index < -0.39 is 11.5 Å². The van der Waals surface area contributed by atoms with E-state index in [1.165, 1.54) is 25.7 Å². The number of rotatable bonds is 5. The fraction of sp³-hybridized carbons (Fsp3) is 0.875. The van der Waals surface area contributed by atoms with Gasteiger partial charge in [-0.25, -0.2) is 4.79 Å². The van der Waals surface area contributed by atoms with Crippen molar-refractivity contribution >= 4 is 12.0 Å². The minimum Gasteiger partial charge on any atom is -0.481 e. The Kier molecular flexibility index (Phi) is 3.84. The highest BCUT2D eigenvalue weighted by Crippen LogP contribution is 2.49. The first-order valence-electron chi connectivity index (χ1n) is 8.28. The van der Waals surface area contributed by atoms with Gasteiger partial charge in [0.2, 0.25) is 0 Å². The molecule has 0 aliphatic heterocycles. The maximum Gasteiger partial charge on any atom is 0.315 e. The molecule has 21 heavy (non-hydrogen) atoms. The van der Waals surface area contributed by atoms with E-state index in [1.54, 1.807) is 0 Å². The quantitative estimate of drug-likeness (QED) is 0.729. The van der Waals surface area contributed by atoms with Gasteiger partial charge in [0.25, 0.3) is 0 Å². The Morgan fingerprint density at radius 1 is 1.29 bits per heavy atom. The molecule has 5 heteroatoms. The van der Waals surface area contributed by atoms with E-state index in [-0.39, 0.29) is 18.5 Å². The molecule has 3 aliphatic rings. The Morgan fingerprint density at radius 2 is 2.05 bits per heavy atom. The SMILES string of the molecule is CC(NC(=O)NC1(CC(=O)O)CCC1)C1CC2CCC1C2. The van der Waals surface area contributed by atoms with Crippen LogP contribution in [0.1, 0.15) is 58.3 Å². The molecule has 0 heterocycles. The highest BCUT2D eigenvalue weighted by Gasteiger charge is 2.43. The average Bonchev–Trinajstić information content (AvgIpc) is 2.97. The van der Waals surface area contributed by atoms with Crippen LogP contribution < -0.4 is 10.6 Å². The summed E-state index contributed by atoms with van der Waals surface area (Å²) in [6.45, 7) is 2.09. The number of aliphatic carboxylic acids is 1. The lowest BCUT2D eigenvalue weighted by Crippen LogP contribution is -2.58. The molecule has 3 rings (SSSR count). The summed E-state index contributed by atoms with van der Waals surface area (Å²) < 4.78 is 0. The van der Waals surface area contributed by atoms with Crippen LogP contribution in [0.4, 0.5) is 4.79 Å². The molecule has 4 atom stereocenters. The zero-order valence-electron chi connectivity index (χ0n) is 12.7. The summed E-state index contributed by atoms with van der Waals surface area (Å²) in [6, 6.07) is -0.00604. The van der Waals surface area contributed by atoms with E-state index in [9.17, 15) is 9.59 Å². The Balaban J connectivity index is 1.50. The standard InChI is InChI=1S/C16H26N2O3/c1-10(13-8-11-3-4-12(13)7-11)17-15(21)18-16(5-2-6-16)9-14(19)20/h10-13H,2-9H2,1H3,(H,19,20)(H2,17,18,21). The molecular formula is C16H26N2O3. The first-order valence-corrected chi connectivity index (χ1v) is 8.28. The third-order valence-electron chi connectivity index (χ3n) is 5.97. The Morgan fingerprint density at radius 3 is 2.52 bits per heavy atom. The molecule has 0 aromatic heterocycles. The lowest BCUT2D eigenvalue weighted by Gasteiger charge is -2.42. The molecule has 4 unspecified atom stereocenters. The van der Waals surface area contributed by atoms with Crippen molar-refractivity contribution in [3.05, 3.63) is 0 Å². The number of carbonyl (C=O) groups excluding carboxylic acids is 1. The van der Waals surface area contributed by atoms with Crippen LogP contribution in [0.2, 0.25) is 0 Å². The topological polar surface area (TPSA) is 78.4 Å². The molecular weight excluding hydrogens is 268 g/mol. The van der Waals surface area contributed by atoms with Gasteiger partial charge >= 0.3 is 12.0 Å². The van der Waals surface area contributed by atoms with Crippen LogP contribution in [-0.2, 0) is 4.79 Å². The van der Waals surface area contributed by atoms with Crippen molar-refractivity contribution < 1.29 is 14.7 Å². The fourth-order valence-electron chi connectivity index (χ4n) is 4.74. The number of hydrogen-bond donors (Lipinski definition) is 3. The molecule has 118 valence electrons. The Hall–Kier alpha value is -1.26. The average molecular weight is 294 g/mol. The predicted octanol–water partition coefficient (Wildman–Crippen LogP) is 2.51. The molecule has 0 spiro atoms. The minimum absolute atomic E-state index is 0.0307. The summed E-state index contributed by atoms with van der Waals surface area (Å²) in [4.78, 5) is 23.1. The molecule has 3 N–H and O–H groups in total. The highest BCUT2D eigenvalue weighted by atomic mass is 16.4. The number of hydrogen-bond acceptors (Lipinski definition) is 2. The molecule has 0 saturated heterocycles. The third-order valence-corrected chi connectivity index (χ3v) is 5.97. The predicted molar refractivity (Wildman–Crippen MR) is 78.9 cm³/mol. The second kappa shape index (κ2) is 5.50. The van der Waals surface area contributed by atoms with E-state index in [0.717, 1.165) is 31.1 Å². The number of nitrogens with one attached hydrogen (secondary N) is 2. The number of carboxylic acids is 1. The zero-order chi connectivity index (χ0) is 15.0. The van der Waals surface area contributed by atoms with Crippen LogP contribution in [0.3, 0.4) is 0 Å². The first-order chi connectivity index (χ1) is 9.97. The molecule has 0 aromatic rings. The van der Waals surface area contributed by atoms with E-state index in [2.05, 4.69) is 17.6 Å². The number of amides is 2. The van der Waals surface area contributed by atoms with Crippen LogP contribution in [0.15, 0.2) is 0 Å². The molecule has 3 fully saturated rings. The van der Waals surface area contributed by atoms with Gasteiger partial charge in [-0.05, 0) is 63.2 Å². The minimum atomic E-state index is -0.837. The van der Waals surface area contributed by atoms with Gasteiger partial charge in [-0.2, -0.15) is 0 Å². The summed E-state index contributed by atoms with van der Waals surface area (Å²) in [5.74, 6) is 1.42. The number of carboxylic acid groups (broad SMARTS) is 1. The van der Waals surface area contributed by atoms with Gasteiger partial charge in [0.15, 0.2) is 0 Å². The molecule has 0 aromatic carbocycles. The molecule has 2 amide bonds. The van der Waals surface area contributed by atoms with Crippen molar-refractivity contribution in [3.63, 3.8) is 0 Å². The molecule has 5 nitrogen and oxygen atoms in total. The normalized spacial score (nSPS) is 34.0. The van der Waals surface area contributed by atoms with E-state index in [0.29, 0.717) is 5.92 Å². The summed E-state index contributed by atoms with van der Waals surface area (Å²) >= 11 is 0. The van der Waals surface area contributed by atoms with E-state index in [1.807, 2.05) is 0 Å². The summed E-state index contributed by atoms with van der Waals surface area (Å²) in [7, 11) is 0. The summed E-state index contributed by atoms with van der Waals surface area (Å²) in [6.07, 6.45) is 7.82. The summed E-state index contributed by atoms with van der Waals surface area (Å²) in [5, 5.41) is 15.0. The number of carbonyl (C=O) groups is 2. The van der Waals surface area contributed by atoms with Crippen molar-refractivity contribution in [3.8, 4) is 0 Å². The smallest absolute Gasteiger partial charge is 0.315 e. The van der Waals surface area contributed by atoms with Crippen molar-refractivity contribution in [2.45, 2.75) is 69.9 Å². The Labute approximate surface area is 125 Å². The number of fused-ring (bicyclic) bond motifs is 2. The van der Waals surface area contributed by atoms with Gasteiger partial charge in [-0.15, -0.1) is 0 Å². The lowest BCUT2D eigenvalue weighted by molar-refractivity contribution is -0.139. The van der Waals surface area contributed by atoms with Crippen molar-refractivity contribution in [1.82, 2.24) is 10.6 Å². The second-order valence-corrected chi connectivity index (χ2v) is 7.43. The lowest BCUT2D eigenvalue weighted by atomic mass is 9.74.